The summed E-state index contributed by atoms with van der Waals surface area (Å²) in [5.74, 6) is -1.08. The molecule has 3 aromatic carbocycles. The highest BCUT2D eigenvalue weighted by Gasteiger charge is 2.29. The maximum absolute atomic E-state index is 14.2. The van der Waals surface area contributed by atoms with E-state index in [1.807, 2.05) is 33.8 Å². The third kappa shape index (κ3) is 3.71. The van der Waals surface area contributed by atoms with E-state index in [1.54, 1.807) is 24.3 Å². The van der Waals surface area contributed by atoms with Crippen LogP contribution in [0.1, 0.15) is 38.2 Å². The molecule has 0 radical (unpaired) electrons. The molecule has 6 heteroatoms. The SMILES string of the molecule is Cc1ccc(C(=O)c2cnc3ccc(F)cc3c2S(=O)(=O)c2ccc(C)c(C)c2)cc1C. The molecule has 0 saturated heterocycles. The lowest BCUT2D eigenvalue weighted by molar-refractivity contribution is 0.103. The molecule has 0 atom stereocenters. The quantitative estimate of drug-likeness (QED) is 0.378. The molecule has 0 amide bonds. The van der Waals surface area contributed by atoms with Gasteiger partial charge in [0.1, 0.15) is 5.82 Å². The van der Waals surface area contributed by atoms with Crippen LogP contribution in [0.2, 0.25) is 0 Å². The first kappa shape index (κ1) is 21.8. The molecular weight excluding hydrogens is 425 g/mol. The highest BCUT2D eigenvalue weighted by atomic mass is 32.2. The van der Waals surface area contributed by atoms with E-state index in [4.69, 9.17) is 0 Å². The zero-order valence-electron chi connectivity index (χ0n) is 18.2. The van der Waals surface area contributed by atoms with Crippen LogP contribution >= 0.6 is 0 Å². The molecule has 4 rings (SSSR count). The van der Waals surface area contributed by atoms with E-state index >= 15 is 0 Å². The number of fused-ring (bicyclic) bond motifs is 1. The van der Waals surface area contributed by atoms with Crippen LogP contribution in [0.5, 0.6) is 0 Å². The molecule has 0 spiro atoms. The van der Waals surface area contributed by atoms with E-state index < -0.39 is 21.4 Å². The molecule has 0 saturated carbocycles. The first-order chi connectivity index (χ1) is 15.1. The number of benzene rings is 3. The predicted octanol–water partition coefficient (Wildman–Crippen LogP) is 5.67. The lowest BCUT2D eigenvalue weighted by Crippen LogP contribution is -2.13. The number of carbonyl (C=O) groups is 1. The summed E-state index contributed by atoms with van der Waals surface area (Å²) in [6, 6.07) is 13.7. The van der Waals surface area contributed by atoms with Gasteiger partial charge in [-0.3, -0.25) is 9.78 Å². The first-order valence-electron chi connectivity index (χ1n) is 10.1. The minimum atomic E-state index is -4.15. The molecular formula is C26H22FNO3S. The second-order valence-electron chi connectivity index (χ2n) is 8.04. The standard InChI is InChI=1S/C26H22FNO3S/c1-15-5-7-19(11-17(15)3)25(29)23-14-28-24-10-8-20(27)13-22(24)26(23)32(30,31)21-9-6-16(2)18(4)12-21/h5-14H,1-4H3. The normalized spacial score (nSPS) is 11.7. The fourth-order valence-corrected chi connectivity index (χ4v) is 5.33. The summed E-state index contributed by atoms with van der Waals surface area (Å²) in [4.78, 5) is 17.5. The molecule has 0 fully saturated rings. The summed E-state index contributed by atoms with van der Waals surface area (Å²) in [6.07, 6.45) is 1.27. The number of aryl methyl sites for hydroxylation is 4. The molecule has 0 bridgehead atoms. The maximum atomic E-state index is 14.2. The molecule has 4 nitrogen and oxygen atoms in total. The first-order valence-corrected chi connectivity index (χ1v) is 11.6. The lowest BCUT2D eigenvalue weighted by atomic mass is 9.99. The van der Waals surface area contributed by atoms with Crippen LogP contribution in [0.4, 0.5) is 4.39 Å². The fraction of sp³-hybridized carbons (Fsp3) is 0.154. The minimum absolute atomic E-state index is 0.0477. The average Bonchev–Trinajstić information content (AvgIpc) is 2.75. The average molecular weight is 448 g/mol. The Labute approximate surface area is 186 Å². The second-order valence-corrected chi connectivity index (χ2v) is 9.93. The van der Waals surface area contributed by atoms with E-state index in [0.717, 1.165) is 28.3 Å². The molecule has 0 aliphatic rings. The van der Waals surface area contributed by atoms with Gasteiger partial charge in [0.15, 0.2) is 5.78 Å². The number of carbonyl (C=O) groups excluding carboxylic acids is 1. The van der Waals surface area contributed by atoms with Crippen molar-refractivity contribution in [2.45, 2.75) is 37.5 Å². The Hall–Kier alpha value is -3.38. The smallest absolute Gasteiger partial charge is 0.208 e. The van der Waals surface area contributed by atoms with Gasteiger partial charge >= 0.3 is 0 Å². The third-order valence-corrected chi connectivity index (χ3v) is 7.70. The van der Waals surface area contributed by atoms with Gasteiger partial charge < -0.3 is 0 Å². The molecule has 0 unspecified atom stereocenters. The van der Waals surface area contributed by atoms with E-state index in [2.05, 4.69) is 4.98 Å². The minimum Gasteiger partial charge on any atom is -0.289 e. The molecule has 32 heavy (non-hydrogen) atoms. The Morgan fingerprint density at radius 2 is 1.47 bits per heavy atom. The Kier molecular flexibility index (Phi) is 5.42. The van der Waals surface area contributed by atoms with Crippen molar-refractivity contribution in [3.05, 3.63) is 100.0 Å². The van der Waals surface area contributed by atoms with E-state index in [1.165, 1.54) is 24.4 Å². The van der Waals surface area contributed by atoms with Crippen molar-refractivity contribution in [3.8, 4) is 0 Å². The van der Waals surface area contributed by atoms with E-state index in [9.17, 15) is 17.6 Å². The summed E-state index contributed by atoms with van der Waals surface area (Å²) in [6.45, 7) is 7.52. The summed E-state index contributed by atoms with van der Waals surface area (Å²) < 4.78 is 41.8. The zero-order valence-corrected chi connectivity index (χ0v) is 19.0. The van der Waals surface area contributed by atoms with Crippen molar-refractivity contribution >= 4 is 26.5 Å². The largest absolute Gasteiger partial charge is 0.289 e. The molecule has 0 aliphatic carbocycles. The van der Waals surface area contributed by atoms with Crippen LogP contribution in [-0.4, -0.2) is 19.2 Å². The van der Waals surface area contributed by atoms with Gasteiger partial charge in [0.05, 0.1) is 20.9 Å². The zero-order chi connectivity index (χ0) is 23.2. The lowest BCUT2D eigenvalue weighted by Gasteiger charge is -2.14. The van der Waals surface area contributed by atoms with Crippen LogP contribution in [0.15, 0.2) is 70.6 Å². The number of sulfone groups is 1. The summed E-state index contributed by atoms with van der Waals surface area (Å²) in [5.41, 5.74) is 4.24. The summed E-state index contributed by atoms with van der Waals surface area (Å²) in [7, 11) is -4.15. The Bertz CT molecular complexity index is 1510. The number of nitrogens with zero attached hydrogens (tertiary/aromatic N) is 1. The molecule has 162 valence electrons. The number of pyridine rings is 1. The van der Waals surface area contributed by atoms with Crippen molar-refractivity contribution in [3.63, 3.8) is 0 Å². The van der Waals surface area contributed by atoms with Crippen LogP contribution in [0.3, 0.4) is 0 Å². The van der Waals surface area contributed by atoms with Gasteiger partial charge in [-0.2, -0.15) is 0 Å². The van der Waals surface area contributed by atoms with Crippen LogP contribution in [0, 0.1) is 33.5 Å². The number of ketones is 1. The second kappa shape index (κ2) is 7.95. The van der Waals surface area contributed by atoms with Crippen LogP contribution < -0.4 is 0 Å². The van der Waals surface area contributed by atoms with Crippen LogP contribution in [-0.2, 0) is 9.84 Å². The van der Waals surface area contributed by atoms with Gasteiger partial charge in [0.25, 0.3) is 0 Å². The Balaban J connectivity index is 2.04. The van der Waals surface area contributed by atoms with Gasteiger partial charge in [0, 0.05) is 17.1 Å². The molecule has 4 aromatic rings. The van der Waals surface area contributed by atoms with Crippen molar-refractivity contribution < 1.29 is 17.6 Å². The molecule has 1 heterocycles. The van der Waals surface area contributed by atoms with Gasteiger partial charge in [-0.25, -0.2) is 12.8 Å². The third-order valence-electron chi connectivity index (χ3n) is 5.85. The van der Waals surface area contributed by atoms with Crippen molar-refractivity contribution in [2.75, 3.05) is 0 Å². The summed E-state index contributed by atoms with van der Waals surface area (Å²) in [5, 5.41) is 0.0814. The maximum Gasteiger partial charge on any atom is 0.208 e. The Morgan fingerprint density at radius 1 is 0.812 bits per heavy atom. The van der Waals surface area contributed by atoms with E-state index in [-0.39, 0.29) is 20.7 Å². The van der Waals surface area contributed by atoms with Crippen LogP contribution in [0.25, 0.3) is 10.9 Å². The van der Waals surface area contributed by atoms with Gasteiger partial charge in [-0.1, -0.05) is 18.2 Å². The highest BCUT2D eigenvalue weighted by Crippen LogP contribution is 2.33. The number of aromatic nitrogens is 1. The van der Waals surface area contributed by atoms with Gasteiger partial charge in [-0.15, -0.1) is 0 Å². The Morgan fingerprint density at radius 3 is 2.12 bits per heavy atom. The topological polar surface area (TPSA) is 64.1 Å². The monoisotopic (exact) mass is 447 g/mol. The van der Waals surface area contributed by atoms with Gasteiger partial charge in [0.2, 0.25) is 9.84 Å². The fourth-order valence-electron chi connectivity index (χ4n) is 3.63. The number of rotatable bonds is 4. The van der Waals surface area contributed by atoms with Gasteiger partial charge in [-0.05, 0) is 86.3 Å². The van der Waals surface area contributed by atoms with Crippen molar-refractivity contribution in [1.82, 2.24) is 4.98 Å². The molecule has 0 aliphatic heterocycles. The number of hydrogen-bond acceptors (Lipinski definition) is 4. The summed E-state index contributed by atoms with van der Waals surface area (Å²) >= 11 is 0. The number of hydrogen-bond donors (Lipinski definition) is 0. The highest BCUT2D eigenvalue weighted by molar-refractivity contribution is 7.91. The molecule has 0 N–H and O–H groups in total. The number of halogens is 1. The van der Waals surface area contributed by atoms with Crippen molar-refractivity contribution in [2.24, 2.45) is 0 Å². The van der Waals surface area contributed by atoms with E-state index in [0.29, 0.717) is 11.1 Å². The predicted molar refractivity (Wildman–Crippen MR) is 122 cm³/mol. The molecule has 1 aromatic heterocycles. The van der Waals surface area contributed by atoms with Crippen molar-refractivity contribution in [1.29, 1.82) is 0 Å².